The highest BCUT2D eigenvalue weighted by molar-refractivity contribution is 7.17. The van der Waals surface area contributed by atoms with Gasteiger partial charge in [0.2, 0.25) is 0 Å². The normalized spacial score (nSPS) is 18.2. The Kier molecular flexibility index (Phi) is 3.89. The fourth-order valence-electron chi connectivity index (χ4n) is 2.32. The minimum Gasteiger partial charge on any atom is -0.354 e. The lowest BCUT2D eigenvalue weighted by Crippen LogP contribution is -2.36. The molecule has 1 N–H and O–H groups in total. The molecule has 104 valence electrons. The number of aromatic nitrogens is 1. The summed E-state index contributed by atoms with van der Waals surface area (Å²) >= 11 is 7.15. The van der Waals surface area contributed by atoms with E-state index in [2.05, 4.69) is 15.2 Å². The van der Waals surface area contributed by atoms with E-state index in [-0.39, 0.29) is 11.9 Å². The molecular weight excluding hydrogens is 294 g/mol. The van der Waals surface area contributed by atoms with E-state index >= 15 is 0 Å². The summed E-state index contributed by atoms with van der Waals surface area (Å²) in [5.74, 6) is 0.915. The van der Waals surface area contributed by atoms with Crippen LogP contribution in [0, 0.1) is 0 Å². The number of carbonyl (C=O) groups is 1. The SMILES string of the molecule is O=C(N[C@@H]1CCN(c2ccccn2)C1)c1ccc(Cl)s1. The molecule has 0 radical (unpaired) electrons. The molecule has 1 saturated heterocycles. The molecule has 0 spiro atoms. The van der Waals surface area contributed by atoms with Crippen LogP contribution in [0.5, 0.6) is 0 Å². The number of rotatable bonds is 3. The lowest BCUT2D eigenvalue weighted by atomic mass is 10.2. The van der Waals surface area contributed by atoms with E-state index in [1.165, 1.54) is 11.3 Å². The molecule has 1 atom stereocenters. The number of hydrogen-bond acceptors (Lipinski definition) is 4. The number of thiophene rings is 1. The van der Waals surface area contributed by atoms with Gasteiger partial charge in [0.05, 0.1) is 9.21 Å². The van der Waals surface area contributed by atoms with Crippen molar-refractivity contribution in [3.63, 3.8) is 0 Å². The van der Waals surface area contributed by atoms with Crippen molar-refractivity contribution in [3.8, 4) is 0 Å². The Hall–Kier alpha value is -1.59. The van der Waals surface area contributed by atoms with Crippen molar-refractivity contribution < 1.29 is 4.79 Å². The molecule has 20 heavy (non-hydrogen) atoms. The summed E-state index contributed by atoms with van der Waals surface area (Å²) in [7, 11) is 0. The van der Waals surface area contributed by atoms with Gasteiger partial charge >= 0.3 is 0 Å². The minimum atomic E-state index is -0.0465. The van der Waals surface area contributed by atoms with Crippen LogP contribution >= 0.6 is 22.9 Å². The number of hydrogen-bond donors (Lipinski definition) is 1. The largest absolute Gasteiger partial charge is 0.354 e. The molecule has 1 aliphatic rings. The monoisotopic (exact) mass is 307 g/mol. The van der Waals surface area contributed by atoms with Crippen LogP contribution < -0.4 is 10.2 Å². The van der Waals surface area contributed by atoms with E-state index < -0.39 is 0 Å². The number of nitrogens with one attached hydrogen (secondary N) is 1. The van der Waals surface area contributed by atoms with E-state index in [1.807, 2.05) is 18.2 Å². The first-order chi connectivity index (χ1) is 9.72. The Morgan fingerprint density at radius 1 is 1.40 bits per heavy atom. The maximum Gasteiger partial charge on any atom is 0.261 e. The topological polar surface area (TPSA) is 45.2 Å². The molecule has 0 aromatic carbocycles. The van der Waals surface area contributed by atoms with Gasteiger partial charge in [0, 0.05) is 25.3 Å². The lowest BCUT2D eigenvalue weighted by molar-refractivity contribution is 0.0944. The second-order valence-electron chi connectivity index (χ2n) is 4.70. The number of pyridine rings is 1. The van der Waals surface area contributed by atoms with Gasteiger partial charge in [-0.25, -0.2) is 4.98 Å². The predicted octanol–water partition coefficient (Wildman–Crippen LogP) is 2.81. The average Bonchev–Trinajstić information content (AvgIpc) is 3.09. The molecule has 6 heteroatoms. The molecule has 0 saturated carbocycles. The van der Waals surface area contributed by atoms with Gasteiger partial charge in [0.25, 0.3) is 5.91 Å². The highest BCUT2D eigenvalue weighted by Gasteiger charge is 2.25. The van der Waals surface area contributed by atoms with Crippen molar-refractivity contribution in [2.45, 2.75) is 12.5 Å². The van der Waals surface area contributed by atoms with Crippen LogP contribution in [0.1, 0.15) is 16.1 Å². The number of amides is 1. The molecule has 2 aromatic heterocycles. The third kappa shape index (κ3) is 2.94. The van der Waals surface area contributed by atoms with Crippen molar-refractivity contribution in [2.75, 3.05) is 18.0 Å². The third-order valence-electron chi connectivity index (χ3n) is 3.29. The first-order valence-corrected chi connectivity index (χ1v) is 7.64. The van der Waals surface area contributed by atoms with Crippen molar-refractivity contribution in [1.29, 1.82) is 0 Å². The summed E-state index contributed by atoms with van der Waals surface area (Å²) in [5.41, 5.74) is 0. The van der Waals surface area contributed by atoms with Crippen molar-refractivity contribution in [1.82, 2.24) is 10.3 Å². The van der Waals surface area contributed by atoms with Crippen LogP contribution in [0.2, 0.25) is 4.34 Å². The third-order valence-corrected chi connectivity index (χ3v) is 4.52. The zero-order valence-corrected chi connectivity index (χ0v) is 12.3. The molecule has 2 aromatic rings. The summed E-state index contributed by atoms with van der Waals surface area (Å²) in [5, 5.41) is 3.05. The standard InChI is InChI=1S/C14H14ClN3OS/c15-12-5-4-11(20-12)14(19)17-10-6-8-18(9-10)13-3-1-2-7-16-13/h1-5,7,10H,6,8-9H2,(H,17,19)/t10-/m1/s1. The van der Waals surface area contributed by atoms with E-state index in [1.54, 1.807) is 18.3 Å². The fraction of sp³-hybridized carbons (Fsp3) is 0.286. The number of halogens is 1. The van der Waals surface area contributed by atoms with Gasteiger partial charge in [-0.15, -0.1) is 11.3 Å². The van der Waals surface area contributed by atoms with Gasteiger partial charge in [0.1, 0.15) is 5.82 Å². The maximum absolute atomic E-state index is 12.1. The molecule has 0 aliphatic carbocycles. The Bertz CT molecular complexity index is 601. The Balaban J connectivity index is 1.59. The van der Waals surface area contributed by atoms with Crippen LogP contribution in [-0.4, -0.2) is 30.0 Å². The summed E-state index contributed by atoms with van der Waals surface area (Å²) in [6.07, 6.45) is 2.72. The van der Waals surface area contributed by atoms with E-state index in [0.29, 0.717) is 9.21 Å². The molecule has 0 unspecified atom stereocenters. The zero-order chi connectivity index (χ0) is 13.9. The van der Waals surface area contributed by atoms with E-state index in [4.69, 9.17) is 11.6 Å². The van der Waals surface area contributed by atoms with Gasteiger partial charge in [0.15, 0.2) is 0 Å². The highest BCUT2D eigenvalue weighted by atomic mass is 35.5. The highest BCUT2D eigenvalue weighted by Crippen LogP contribution is 2.22. The smallest absolute Gasteiger partial charge is 0.261 e. The molecule has 0 bridgehead atoms. The summed E-state index contributed by atoms with van der Waals surface area (Å²) in [4.78, 5) is 19.2. The lowest BCUT2D eigenvalue weighted by Gasteiger charge is -2.17. The molecular formula is C14H14ClN3OS. The van der Waals surface area contributed by atoms with Crippen molar-refractivity contribution in [2.24, 2.45) is 0 Å². The Morgan fingerprint density at radius 2 is 2.30 bits per heavy atom. The molecule has 1 amide bonds. The van der Waals surface area contributed by atoms with Gasteiger partial charge in [-0.3, -0.25) is 4.79 Å². The van der Waals surface area contributed by atoms with Crippen LogP contribution in [0.3, 0.4) is 0 Å². The van der Waals surface area contributed by atoms with Gasteiger partial charge in [-0.1, -0.05) is 17.7 Å². The summed E-state index contributed by atoms with van der Waals surface area (Å²) in [6, 6.07) is 9.53. The molecule has 3 heterocycles. The minimum absolute atomic E-state index is 0.0465. The van der Waals surface area contributed by atoms with Crippen LogP contribution in [0.25, 0.3) is 0 Å². The molecule has 1 fully saturated rings. The average molecular weight is 308 g/mol. The van der Waals surface area contributed by atoms with Crippen LogP contribution in [0.4, 0.5) is 5.82 Å². The maximum atomic E-state index is 12.1. The summed E-state index contributed by atoms with van der Waals surface area (Å²) < 4.78 is 0.636. The predicted molar refractivity (Wildman–Crippen MR) is 81.7 cm³/mol. The molecule has 3 rings (SSSR count). The first kappa shape index (κ1) is 13.4. The fourth-order valence-corrected chi connectivity index (χ4v) is 3.27. The van der Waals surface area contributed by atoms with Gasteiger partial charge in [-0.2, -0.15) is 0 Å². The quantitative estimate of drug-likeness (QED) is 0.948. The van der Waals surface area contributed by atoms with E-state index in [0.717, 1.165) is 25.3 Å². The van der Waals surface area contributed by atoms with Crippen molar-refractivity contribution >= 4 is 34.7 Å². The van der Waals surface area contributed by atoms with E-state index in [9.17, 15) is 4.79 Å². The molecule has 4 nitrogen and oxygen atoms in total. The van der Waals surface area contributed by atoms with Gasteiger partial charge in [-0.05, 0) is 30.7 Å². The molecule has 1 aliphatic heterocycles. The first-order valence-electron chi connectivity index (χ1n) is 6.44. The second-order valence-corrected chi connectivity index (χ2v) is 6.41. The Labute approximate surface area is 126 Å². The zero-order valence-electron chi connectivity index (χ0n) is 10.8. The summed E-state index contributed by atoms with van der Waals surface area (Å²) in [6.45, 7) is 1.70. The number of nitrogens with zero attached hydrogens (tertiary/aromatic N) is 2. The van der Waals surface area contributed by atoms with Crippen LogP contribution in [0.15, 0.2) is 36.5 Å². The number of carbonyl (C=O) groups excluding carboxylic acids is 1. The Morgan fingerprint density at radius 3 is 3.00 bits per heavy atom. The number of anilines is 1. The second kappa shape index (κ2) is 5.81. The van der Waals surface area contributed by atoms with Crippen LogP contribution in [-0.2, 0) is 0 Å². The van der Waals surface area contributed by atoms with Gasteiger partial charge < -0.3 is 10.2 Å². The van der Waals surface area contributed by atoms with Crippen molar-refractivity contribution in [3.05, 3.63) is 45.7 Å².